The van der Waals surface area contributed by atoms with Crippen LogP contribution in [0.15, 0.2) is 11.4 Å². The van der Waals surface area contributed by atoms with Crippen LogP contribution in [0, 0.1) is 6.92 Å². The Morgan fingerprint density at radius 1 is 1.35 bits per heavy atom. The maximum absolute atomic E-state index is 3.57. The molecule has 0 spiro atoms. The van der Waals surface area contributed by atoms with Gasteiger partial charge in [0.25, 0.3) is 0 Å². The smallest absolute Gasteiger partial charge is 0.0143 e. The van der Waals surface area contributed by atoms with E-state index in [4.69, 9.17) is 0 Å². The number of rotatable bonds is 7. The highest BCUT2D eigenvalue weighted by Gasteiger charge is 2.23. The maximum Gasteiger partial charge on any atom is 0.0143 e. The fraction of sp³-hybridized carbons (Fsp3) is 0.714. The largest absolute Gasteiger partial charge is 0.315 e. The normalized spacial score (nSPS) is 16.4. The predicted octanol–water partition coefficient (Wildman–Crippen LogP) is 2.68. The standard InChI is InChI=1S/C14H24N2S/c1-11-6-9-17-13(11)14(2,3)10-15-7-8-16-12-4-5-12/h6,9,12,15-16H,4-5,7-8,10H2,1-3H3. The maximum atomic E-state index is 3.57. The van der Waals surface area contributed by atoms with Crippen molar-refractivity contribution in [3.05, 3.63) is 21.9 Å². The van der Waals surface area contributed by atoms with Gasteiger partial charge in [-0.3, -0.25) is 0 Å². The van der Waals surface area contributed by atoms with E-state index < -0.39 is 0 Å². The molecule has 2 rings (SSSR count). The molecule has 0 unspecified atom stereocenters. The molecule has 17 heavy (non-hydrogen) atoms. The van der Waals surface area contributed by atoms with E-state index in [1.165, 1.54) is 23.3 Å². The molecule has 1 aliphatic rings. The van der Waals surface area contributed by atoms with E-state index in [9.17, 15) is 0 Å². The van der Waals surface area contributed by atoms with E-state index in [2.05, 4.69) is 42.9 Å². The van der Waals surface area contributed by atoms with Crippen LogP contribution in [0.25, 0.3) is 0 Å². The molecule has 1 heterocycles. The molecule has 0 radical (unpaired) electrons. The van der Waals surface area contributed by atoms with E-state index in [0.29, 0.717) is 0 Å². The molecule has 0 saturated heterocycles. The Bertz CT molecular complexity index is 353. The summed E-state index contributed by atoms with van der Waals surface area (Å²) < 4.78 is 0. The van der Waals surface area contributed by atoms with E-state index in [1.807, 2.05) is 11.3 Å². The summed E-state index contributed by atoms with van der Waals surface area (Å²) >= 11 is 1.88. The third kappa shape index (κ3) is 3.80. The van der Waals surface area contributed by atoms with Gasteiger partial charge in [0, 0.05) is 36.0 Å². The topological polar surface area (TPSA) is 24.1 Å². The fourth-order valence-corrected chi connectivity index (χ4v) is 3.25. The number of thiophene rings is 1. The van der Waals surface area contributed by atoms with Gasteiger partial charge in [0.2, 0.25) is 0 Å². The summed E-state index contributed by atoms with van der Waals surface area (Å²) in [5, 5.41) is 9.29. The molecule has 0 atom stereocenters. The van der Waals surface area contributed by atoms with Crippen molar-refractivity contribution in [1.29, 1.82) is 0 Å². The minimum atomic E-state index is 0.248. The van der Waals surface area contributed by atoms with Crippen molar-refractivity contribution in [3.8, 4) is 0 Å². The van der Waals surface area contributed by atoms with Crippen molar-refractivity contribution in [3.63, 3.8) is 0 Å². The zero-order valence-electron chi connectivity index (χ0n) is 11.2. The summed E-state index contributed by atoms with van der Waals surface area (Å²) in [6.07, 6.45) is 2.75. The van der Waals surface area contributed by atoms with Crippen molar-refractivity contribution in [2.45, 2.75) is 45.1 Å². The lowest BCUT2D eigenvalue weighted by atomic mass is 9.89. The first-order chi connectivity index (χ1) is 8.09. The van der Waals surface area contributed by atoms with Crippen LogP contribution in [0.1, 0.15) is 37.1 Å². The number of hydrogen-bond donors (Lipinski definition) is 2. The van der Waals surface area contributed by atoms with Crippen LogP contribution in [0.5, 0.6) is 0 Å². The highest BCUT2D eigenvalue weighted by molar-refractivity contribution is 7.10. The van der Waals surface area contributed by atoms with Gasteiger partial charge in [-0.2, -0.15) is 0 Å². The minimum absolute atomic E-state index is 0.248. The van der Waals surface area contributed by atoms with Crippen LogP contribution >= 0.6 is 11.3 Å². The molecule has 1 fully saturated rings. The molecule has 1 aromatic heterocycles. The second kappa shape index (κ2) is 5.51. The van der Waals surface area contributed by atoms with Gasteiger partial charge in [-0.1, -0.05) is 13.8 Å². The van der Waals surface area contributed by atoms with Crippen LogP contribution in [0.3, 0.4) is 0 Å². The third-order valence-corrected chi connectivity index (χ3v) is 4.74. The SMILES string of the molecule is Cc1ccsc1C(C)(C)CNCCNC1CC1. The van der Waals surface area contributed by atoms with Crippen LogP contribution in [0.2, 0.25) is 0 Å². The lowest BCUT2D eigenvalue weighted by Crippen LogP contribution is -2.37. The molecule has 3 heteroatoms. The third-order valence-electron chi connectivity index (χ3n) is 3.36. The summed E-state index contributed by atoms with van der Waals surface area (Å²) in [4.78, 5) is 1.51. The quantitative estimate of drug-likeness (QED) is 0.729. The first-order valence-electron chi connectivity index (χ1n) is 6.58. The van der Waals surface area contributed by atoms with Crippen LogP contribution in [-0.4, -0.2) is 25.7 Å². The Kier molecular flexibility index (Phi) is 4.23. The molecule has 1 aliphatic carbocycles. The Labute approximate surface area is 109 Å². The zero-order valence-corrected chi connectivity index (χ0v) is 12.0. The van der Waals surface area contributed by atoms with Crippen LogP contribution in [-0.2, 0) is 5.41 Å². The molecular formula is C14H24N2S. The Balaban J connectivity index is 1.71. The van der Waals surface area contributed by atoms with Crippen LogP contribution in [0.4, 0.5) is 0 Å². The molecular weight excluding hydrogens is 228 g/mol. The van der Waals surface area contributed by atoms with Crippen molar-refractivity contribution in [1.82, 2.24) is 10.6 Å². The molecule has 0 bridgehead atoms. The second-order valence-corrected chi connectivity index (χ2v) is 6.64. The summed E-state index contributed by atoms with van der Waals surface area (Å²) in [5.41, 5.74) is 1.68. The summed E-state index contributed by atoms with van der Waals surface area (Å²) in [5.74, 6) is 0. The van der Waals surface area contributed by atoms with Gasteiger partial charge in [0.15, 0.2) is 0 Å². The van der Waals surface area contributed by atoms with Crippen molar-refractivity contribution < 1.29 is 0 Å². The van der Waals surface area contributed by atoms with Crippen molar-refractivity contribution in [2.75, 3.05) is 19.6 Å². The van der Waals surface area contributed by atoms with Gasteiger partial charge in [0.05, 0.1) is 0 Å². The Morgan fingerprint density at radius 2 is 2.12 bits per heavy atom. The first-order valence-corrected chi connectivity index (χ1v) is 7.46. The summed E-state index contributed by atoms with van der Waals surface area (Å²) in [6, 6.07) is 3.04. The van der Waals surface area contributed by atoms with Gasteiger partial charge in [-0.05, 0) is 36.8 Å². The number of nitrogens with one attached hydrogen (secondary N) is 2. The Morgan fingerprint density at radius 3 is 2.71 bits per heavy atom. The highest BCUT2D eigenvalue weighted by Crippen LogP contribution is 2.30. The van der Waals surface area contributed by atoms with Gasteiger partial charge >= 0.3 is 0 Å². The summed E-state index contributed by atoms with van der Waals surface area (Å²) in [7, 11) is 0. The molecule has 0 aromatic carbocycles. The second-order valence-electron chi connectivity index (χ2n) is 5.72. The van der Waals surface area contributed by atoms with E-state index in [1.54, 1.807) is 0 Å². The van der Waals surface area contributed by atoms with Crippen molar-refractivity contribution in [2.24, 2.45) is 0 Å². The predicted molar refractivity (Wildman–Crippen MR) is 76.0 cm³/mol. The average molecular weight is 252 g/mol. The average Bonchev–Trinajstić information content (AvgIpc) is 2.98. The minimum Gasteiger partial charge on any atom is -0.315 e. The van der Waals surface area contributed by atoms with E-state index >= 15 is 0 Å². The molecule has 2 N–H and O–H groups in total. The highest BCUT2D eigenvalue weighted by atomic mass is 32.1. The first kappa shape index (κ1) is 13.1. The molecule has 1 saturated carbocycles. The molecule has 0 amide bonds. The molecule has 96 valence electrons. The lowest BCUT2D eigenvalue weighted by Gasteiger charge is -2.25. The zero-order chi connectivity index (χ0) is 12.3. The van der Waals surface area contributed by atoms with Gasteiger partial charge in [-0.25, -0.2) is 0 Å². The lowest BCUT2D eigenvalue weighted by molar-refractivity contribution is 0.470. The number of aryl methyl sites for hydroxylation is 1. The van der Waals surface area contributed by atoms with E-state index in [0.717, 1.165) is 25.7 Å². The molecule has 2 nitrogen and oxygen atoms in total. The monoisotopic (exact) mass is 252 g/mol. The molecule has 1 aromatic rings. The van der Waals surface area contributed by atoms with Gasteiger partial charge < -0.3 is 10.6 Å². The summed E-state index contributed by atoms with van der Waals surface area (Å²) in [6.45, 7) is 10.1. The van der Waals surface area contributed by atoms with E-state index in [-0.39, 0.29) is 5.41 Å². The molecule has 0 aliphatic heterocycles. The van der Waals surface area contributed by atoms with Gasteiger partial charge in [-0.15, -0.1) is 11.3 Å². The van der Waals surface area contributed by atoms with Gasteiger partial charge in [0.1, 0.15) is 0 Å². The fourth-order valence-electron chi connectivity index (χ4n) is 2.20. The van der Waals surface area contributed by atoms with Crippen molar-refractivity contribution >= 4 is 11.3 Å². The van der Waals surface area contributed by atoms with Crippen LogP contribution < -0.4 is 10.6 Å². The Hall–Kier alpha value is -0.380. The number of hydrogen-bond acceptors (Lipinski definition) is 3.